The number of aromatic nitrogens is 5. The van der Waals surface area contributed by atoms with Gasteiger partial charge in [0.2, 0.25) is 10.1 Å². The lowest BCUT2D eigenvalue weighted by Gasteiger charge is -2.14. The minimum absolute atomic E-state index is 0.0342. The summed E-state index contributed by atoms with van der Waals surface area (Å²) in [5.41, 5.74) is -0.102. The number of hydrogen-bond donors (Lipinski definition) is 0. The number of alkyl halides is 3. The maximum atomic E-state index is 13.2. The molecular formula is C15H11F3N6S2. The Hall–Kier alpha value is -2.40. The van der Waals surface area contributed by atoms with Crippen LogP contribution in [0.5, 0.6) is 0 Å². The topological polar surface area (TPSA) is 59.2 Å². The molecule has 0 aliphatic carbocycles. The molecular weight excluding hydrogens is 385 g/mol. The first-order chi connectivity index (χ1) is 12.3. The molecule has 0 radical (unpaired) electrons. The molecule has 0 aliphatic rings. The van der Waals surface area contributed by atoms with Gasteiger partial charge in [-0.3, -0.25) is 4.40 Å². The van der Waals surface area contributed by atoms with Crippen molar-refractivity contribution in [3.05, 3.63) is 36.0 Å². The van der Waals surface area contributed by atoms with Crippen LogP contribution in [0.2, 0.25) is 0 Å². The first-order valence-electron chi connectivity index (χ1n) is 7.37. The Balaban J connectivity index is 1.82. The quantitative estimate of drug-likeness (QED) is 0.489. The molecule has 0 unspecified atom stereocenters. The lowest BCUT2D eigenvalue weighted by molar-refractivity contribution is -0.141. The average molecular weight is 396 g/mol. The van der Waals surface area contributed by atoms with Gasteiger partial charge in [-0.25, -0.2) is 9.97 Å². The van der Waals surface area contributed by atoms with Gasteiger partial charge >= 0.3 is 6.18 Å². The minimum atomic E-state index is -4.56. The molecule has 0 saturated heterocycles. The average Bonchev–Trinajstić information content (AvgIpc) is 3.13. The molecule has 0 amide bonds. The third-order valence-corrected chi connectivity index (χ3v) is 5.36. The monoisotopic (exact) mass is 396 g/mol. The van der Waals surface area contributed by atoms with Crippen LogP contribution in [-0.2, 0) is 6.18 Å². The highest BCUT2D eigenvalue weighted by molar-refractivity contribution is 7.99. The van der Waals surface area contributed by atoms with Crippen molar-refractivity contribution in [3.63, 3.8) is 0 Å². The third kappa shape index (κ3) is 2.97. The van der Waals surface area contributed by atoms with Crippen LogP contribution in [0.4, 0.5) is 19.0 Å². The van der Waals surface area contributed by atoms with E-state index in [2.05, 4.69) is 20.2 Å². The summed E-state index contributed by atoms with van der Waals surface area (Å²) in [7, 11) is 3.25. The van der Waals surface area contributed by atoms with Gasteiger partial charge in [0.15, 0.2) is 10.9 Å². The van der Waals surface area contributed by atoms with E-state index >= 15 is 0 Å². The summed E-state index contributed by atoms with van der Waals surface area (Å²) in [5.74, 6) is 0.172. The van der Waals surface area contributed by atoms with Crippen molar-refractivity contribution in [2.75, 3.05) is 19.0 Å². The van der Waals surface area contributed by atoms with E-state index in [1.165, 1.54) is 16.2 Å². The largest absolute Gasteiger partial charge is 0.433 e. The Kier molecular flexibility index (Phi) is 3.99. The zero-order valence-corrected chi connectivity index (χ0v) is 15.2. The fourth-order valence-corrected chi connectivity index (χ4v) is 4.16. The van der Waals surface area contributed by atoms with E-state index in [0.29, 0.717) is 10.1 Å². The van der Waals surface area contributed by atoms with Crippen molar-refractivity contribution in [2.24, 2.45) is 0 Å². The summed E-state index contributed by atoms with van der Waals surface area (Å²) in [6, 6.07) is 8.58. The predicted molar refractivity (Wildman–Crippen MR) is 93.9 cm³/mol. The standard InChI is InChI=1S/C15H11F3N6S2/c1-23(2)11-7-10(15(16,17)18)19-12(20-11)26-14-22-21-13-24(14)8-5-3-4-6-9(8)25-13/h3-7H,1-2H3. The van der Waals surface area contributed by atoms with Gasteiger partial charge in [-0.2, -0.15) is 13.2 Å². The molecule has 0 bridgehead atoms. The van der Waals surface area contributed by atoms with Gasteiger partial charge in [0.05, 0.1) is 10.2 Å². The number of fused-ring (bicyclic) bond motifs is 3. The van der Waals surface area contributed by atoms with E-state index < -0.39 is 11.9 Å². The Morgan fingerprint density at radius 1 is 1.12 bits per heavy atom. The van der Waals surface area contributed by atoms with Crippen LogP contribution in [0.15, 0.2) is 40.6 Å². The zero-order valence-electron chi connectivity index (χ0n) is 13.5. The van der Waals surface area contributed by atoms with Gasteiger partial charge in [-0.15, -0.1) is 10.2 Å². The molecule has 4 aromatic rings. The van der Waals surface area contributed by atoms with Gasteiger partial charge in [0, 0.05) is 20.2 Å². The Morgan fingerprint density at radius 2 is 1.88 bits per heavy atom. The number of halogens is 3. The first-order valence-corrected chi connectivity index (χ1v) is 9.00. The molecule has 6 nitrogen and oxygen atoms in total. The first kappa shape index (κ1) is 17.0. The highest BCUT2D eigenvalue weighted by Gasteiger charge is 2.34. The summed E-state index contributed by atoms with van der Waals surface area (Å²) >= 11 is 2.41. The smallest absolute Gasteiger partial charge is 0.363 e. The number of nitrogens with zero attached hydrogens (tertiary/aromatic N) is 6. The number of para-hydroxylation sites is 1. The molecule has 0 atom stereocenters. The highest BCUT2D eigenvalue weighted by Crippen LogP contribution is 2.34. The second kappa shape index (κ2) is 6.09. The third-order valence-electron chi connectivity index (χ3n) is 3.53. The van der Waals surface area contributed by atoms with Crippen LogP contribution in [0, 0.1) is 0 Å². The fraction of sp³-hybridized carbons (Fsp3) is 0.200. The summed E-state index contributed by atoms with van der Waals surface area (Å²) in [4.78, 5) is 10.0. The van der Waals surface area contributed by atoms with Crippen LogP contribution in [0.25, 0.3) is 15.2 Å². The molecule has 3 heterocycles. The molecule has 4 rings (SSSR count). The van der Waals surface area contributed by atoms with Crippen LogP contribution < -0.4 is 4.90 Å². The van der Waals surface area contributed by atoms with Gasteiger partial charge in [-0.05, 0) is 23.9 Å². The molecule has 11 heteroatoms. The molecule has 0 saturated carbocycles. The lowest BCUT2D eigenvalue weighted by atomic mass is 10.3. The maximum absolute atomic E-state index is 13.2. The predicted octanol–water partition coefficient (Wildman–Crippen LogP) is 3.97. The minimum Gasteiger partial charge on any atom is -0.363 e. The van der Waals surface area contributed by atoms with Crippen molar-refractivity contribution < 1.29 is 13.2 Å². The number of hydrogen-bond acceptors (Lipinski definition) is 7. The second-order valence-electron chi connectivity index (χ2n) is 5.56. The van der Waals surface area contributed by atoms with Crippen molar-refractivity contribution in [1.82, 2.24) is 24.6 Å². The zero-order chi connectivity index (χ0) is 18.5. The SMILES string of the molecule is CN(C)c1cc(C(F)(F)F)nc(Sc2nnc3sc4ccccc4n23)n1. The van der Waals surface area contributed by atoms with Crippen LogP contribution in [0.3, 0.4) is 0 Å². The van der Waals surface area contributed by atoms with E-state index in [0.717, 1.165) is 28.0 Å². The normalized spacial score (nSPS) is 12.2. The number of benzene rings is 1. The molecule has 26 heavy (non-hydrogen) atoms. The van der Waals surface area contributed by atoms with E-state index in [1.807, 2.05) is 24.3 Å². The van der Waals surface area contributed by atoms with Crippen molar-refractivity contribution >= 4 is 44.1 Å². The van der Waals surface area contributed by atoms with Crippen LogP contribution in [-0.4, -0.2) is 38.7 Å². The van der Waals surface area contributed by atoms with Gasteiger partial charge < -0.3 is 4.90 Å². The Labute approximate surface area is 153 Å². The van der Waals surface area contributed by atoms with E-state index in [1.54, 1.807) is 18.5 Å². The van der Waals surface area contributed by atoms with E-state index in [9.17, 15) is 13.2 Å². The van der Waals surface area contributed by atoms with E-state index in [-0.39, 0.29) is 11.0 Å². The van der Waals surface area contributed by atoms with Gasteiger partial charge in [0.1, 0.15) is 5.82 Å². The van der Waals surface area contributed by atoms with Gasteiger partial charge in [-0.1, -0.05) is 23.5 Å². The van der Waals surface area contributed by atoms with Crippen molar-refractivity contribution in [2.45, 2.75) is 16.5 Å². The molecule has 1 aromatic carbocycles. The molecule has 0 fully saturated rings. The number of rotatable bonds is 3. The van der Waals surface area contributed by atoms with Crippen molar-refractivity contribution in [1.29, 1.82) is 0 Å². The highest BCUT2D eigenvalue weighted by atomic mass is 32.2. The fourth-order valence-electron chi connectivity index (χ4n) is 2.34. The van der Waals surface area contributed by atoms with Crippen LogP contribution >= 0.6 is 23.1 Å². The van der Waals surface area contributed by atoms with Gasteiger partial charge in [0.25, 0.3) is 0 Å². The number of thiazole rings is 1. The second-order valence-corrected chi connectivity index (χ2v) is 7.50. The van der Waals surface area contributed by atoms with E-state index in [4.69, 9.17) is 0 Å². The maximum Gasteiger partial charge on any atom is 0.433 e. The van der Waals surface area contributed by atoms with Crippen LogP contribution in [0.1, 0.15) is 5.69 Å². The lowest BCUT2D eigenvalue weighted by Crippen LogP contribution is -2.16. The Bertz CT molecular complexity index is 1100. The summed E-state index contributed by atoms with van der Waals surface area (Å²) in [6.07, 6.45) is -4.56. The molecule has 134 valence electrons. The summed E-state index contributed by atoms with van der Waals surface area (Å²) in [6.45, 7) is 0. The molecule has 0 N–H and O–H groups in total. The summed E-state index contributed by atoms with van der Waals surface area (Å²) < 4.78 is 42.3. The Morgan fingerprint density at radius 3 is 2.62 bits per heavy atom. The molecule has 3 aromatic heterocycles. The van der Waals surface area contributed by atoms with Crippen molar-refractivity contribution in [3.8, 4) is 0 Å². The molecule has 0 aliphatic heterocycles. The molecule has 0 spiro atoms. The number of anilines is 1. The summed E-state index contributed by atoms with van der Waals surface area (Å²) in [5, 5.41) is 8.57.